The van der Waals surface area contributed by atoms with Crippen molar-refractivity contribution < 1.29 is 43.4 Å². The number of rotatable bonds is 1. The molecule has 4 rings (SSSR count). The SMILES string of the molecule is C[C]1[C](C)[C](C)[C](C)[C]1C.C[C]1[C](C)[C](C)[C](C)[C]1C.C[C]1[C](C)[C](C)[C](C)[C]1C.C[C]1[C](C)[C](C)[C](C)[C]1C.[CH-]=C([CH2-])C(=[CH-])[CH2-].[Ti+4].[Ti+4]. The first-order valence-corrected chi connectivity index (χ1v) is 16.5. The third kappa shape index (κ3) is 13.6. The summed E-state index contributed by atoms with van der Waals surface area (Å²) in [6.45, 7) is 60.6. The Morgan fingerprint density at radius 1 is 0.229 bits per heavy atom. The van der Waals surface area contributed by atoms with Crippen LogP contribution in [0.2, 0.25) is 0 Å². The summed E-state index contributed by atoms with van der Waals surface area (Å²) in [6, 6.07) is 0. The predicted octanol–water partition coefficient (Wildman–Crippen LogP) is 13.3. The van der Waals surface area contributed by atoms with E-state index in [1.165, 1.54) is 118 Å². The molecule has 0 heterocycles. The van der Waals surface area contributed by atoms with Crippen molar-refractivity contribution in [2.75, 3.05) is 0 Å². The van der Waals surface area contributed by atoms with Gasteiger partial charge in [-0.2, -0.15) is 0 Å². The second-order valence-corrected chi connectivity index (χ2v) is 13.6. The smallest absolute Gasteiger partial charge is 0.610 e. The summed E-state index contributed by atoms with van der Waals surface area (Å²) in [5, 5.41) is 0. The van der Waals surface area contributed by atoms with Gasteiger partial charge >= 0.3 is 43.4 Å². The minimum atomic E-state index is 0. The van der Waals surface area contributed by atoms with E-state index in [-0.39, 0.29) is 43.4 Å². The van der Waals surface area contributed by atoms with Crippen molar-refractivity contribution in [1.82, 2.24) is 0 Å². The summed E-state index contributed by atoms with van der Waals surface area (Å²) in [5.41, 5.74) is 0.685. The number of allylic oxidation sites excluding steroid dienone is 2. The maximum Gasteiger partial charge on any atom is 4.00 e. The Bertz CT molecular complexity index is 581. The van der Waals surface area contributed by atoms with Crippen LogP contribution in [0.1, 0.15) is 138 Å². The first-order valence-electron chi connectivity index (χ1n) is 16.5. The van der Waals surface area contributed by atoms with Gasteiger partial charge in [0.2, 0.25) is 0 Å². The molecule has 20 radical (unpaired) electrons. The third-order valence-corrected chi connectivity index (χ3v) is 11.7. The Labute approximate surface area is 336 Å². The van der Waals surface area contributed by atoms with Crippen molar-refractivity contribution in [3.05, 3.63) is 157 Å². The van der Waals surface area contributed by atoms with Gasteiger partial charge in [0.1, 0.15) is 0 Å². The molecule has 0 nitrogen and oxygen atoms in total. The van der Waals surface area contributed by atoms with E-state index in [4.69, 9.17) is 13.2 Å². The Balaban J connectivity index is -0.000000527. The van der Waals surface area contributed by atoms with Crippen molar-refractivity contribution in [3.8, 4) is 0 Å². The van der Waals surface area contributed by atoms with E-state index < -0.39 is 0 Å². The van der Waals surface area contributed by atoms with Crippen molar-refractivity contribution >= 4 is 0 Å². The van der Waals surface area contributed by atoms with Crippen LogP contribution in [-0.4, -0.2) is 0 Å². The fourth-order valence-corrected chi connectivity index (χ4v) is 5.62. The van der Waals surface area contributed by atoms with Crippen LogP contribution in [0.15, 0.2) is 11.1 Å². The van der Waals surface area contributed by atoms with Gasteiger partial charge < -0.3 is 38.2 Å². The summed E-state index contributed by atoms with van der Waals surface area (Å²) in [6.07, 6.45) is 0. The van der Waals surface area contributed by atoms with E-state index in [0.717, 1.165) is 0 Å². The van der Waals surface area contributed by atoms with Crippen molar-refractivity contribution in [3.63, 3.8) is 0 Å². The van der Waals surface area contributed by atoms with Crippen LogP contribution in [-0.2, 0) is 43.4 Å². The minimum Gasteiger partial charge on any atom is -0.610 e. The first-order chi connectivity index (χ1) is 20.9. The molecule has 48 heavy (non-hydrogen) atoms. The van der Waals surface area contributed by atoms with Gasteiger partial charge in [0.05, 0.1) is 0 Å². The van der Waals surface area contributed by atoms with E-state index in [0.29, 0.717) is 11.1 Å². The average Bonchev–Trinajstić information content (AvgIpc) is 3.46. The van der Waals surface area contributed by atoms with E-state index in [1.807, 2.05) is 0 Å². The van der Waals surface area contributed by atoms with Gasteiger partial charge in [0.15, 0.2) is 0 Å². The molecule has 0 spiro atoms. The fourth-order valence-electron chi connectivity index (χ4n) is 5.62. The molecule has 4 fully saturated rings. The minimum absolute atomic E-state index is 0. The molecule has 0 aromatic rings. The molecule has 0 N–H and O–H groups in total. The molecule has 4 aliphatic rings. The van der Waals surface area contributed by atoms with Crippen molar-refractivity contribution in [1.29, 1.82) is 0 Å². The molecule has 0 amide bonds. The summed E-state index contributed by atoms with van der Waals surface area (Å²) < 4.78 is 0. The standard InChI is InChI=1S/4C10H15.C6H6.2Ti/c4*1-6-7(2)9(4)10(5)8(6)3;1-5(2)6(3)4;;/h4*1-5H3;1,3H,2,4H2;;/q;;;;-4;2*+4. The molecule has 0 atom stereocenters. The predicted molar refractivity (Wildman–Crippen MR) is 205 cm³/mol. The van der Waals surface area contributed by atoms with Crippen molar-refractivity contribution in [2.24, 2.45) is 0 Å². The van der Waals surface area contributed by atoms with Gasteiger partial charge in [-0.1, -0.05) is 138 Å². The van der Waals surface area contributed by atoms with Crippen LogP contribution in [0.25, 0.3) is 0 Å². The first kappa shape index (κ1) is 53.0. The number of hydrogen-bond acceptors (Lipinski definition) is 0. The maximum atomic E-state index is 5.02. The quantitative estimate of drug-likeness (QED) is 0.144. The maximum absolute atomic E-state index is 5.02. The largest absolute Gasteiger partial charge is 4.00 e. The summed E-state index contributed by atoms with van der Waals surface area (Å²) >= 11 is 0. The molecule has 0 bridgehead atoms. The molecule has 0 saturated heterocycles. The van der Waals surface area contributed by atoms with Gasteiger partial charge in [-0.05, 0) is 118 Å². The van der Waals surface area contributed by atoms with Gasteiger partial charge in [0.25, 0.3) is 0 Å². The number of hydrogen-bond donors (Lipinski definition) is 0. The van der Waals surface area contributed by atoms with Crippen molar-refractivity contribution in [2.45, 2.75) is 138 Å². The van der Waals surface area contributed by atoms with Gasteiger partial charge in [-0.15, -0.1) is 0 Å². The van der Waals surface area contributed by atoms with Gasteiger partial charge in [-0.25, -0.2) is 0 Å². The van der Waals surface area contributed by atoms with Crippen LogP contribution in [0, 0.1) is 145 Å². The normalized spacial score (nSPS) is 24.7. The van der Waals surface area contributed by atoms with E-state index in [2.05, 4.69) is 152 Å². The molecule has 0 aromatic carbocycles. The van der Waals surface area contributed by atoms with E-state index in [9.17, 15) is 0 Å². The topological polar surface area (TPSA) is 0 Å². The van der Waals surface area contributed by atoms with Crippen LogP contribution in [0.4, 0.5) is 0 Å². The zero-order valence-electron chi connectivity index (χ0n) is 34.6. The Kier molecular flexibility index (Phi) is 25.8. The summed E-state index contributed by atoms with van der Waals surface area (Å²) in [5.74, 6) is 29.4. The zero-order valence-corrected chi connectivity index (χ0v) is 37.7. The summed E-state index contributed by atoms with van der Waals surface area (Å²) in [4.78, 5) is 0. The molecular formula is C46H66Ti2+4. The molecule has 0 unspecified atom stereocenters. The molecular weight excluding hydrogens is 648 g/mol. The average molecular weight is 715 g/mol. The Hall–Kier alpha value is 0.649. The van der Waals surface area contributed by atoms with E-state index >= 15 is 0 Å². The van der Waals surface area contributed by atoms with Crippen LogP contribution < -0.4 is 0 Å². The molecule has 0 aromatic heterocycles. The molecule has 0 aliphatic heterocycles. The Morgan fingerprint density at radius 2 is 0.271 bits per heavy atom. The fraction of sp³-hybridized carbons (Fsp3) is 0.435. The molecule has 4 aliphatic carbocycles. The molecule has 254 valence electrons. The van der Waals surface area contributed by atoms with Crippen LogP contribution in [0.5, 0.6) is 0 Å². The zero-order chi connectivity index (χ0) is 36.7. The van der Waals surface area contributed by atoms with E-state index in [1.54, 1.807) is 0 Å². The molecule has 4 saturated carbocycles. The monoisotopic (exact) mass is 714 g/mol. The summed E-state index contributed by atoms with van der Waals surface area (Å²) in [7, 11) is 0. The van der Waals surface area contributed by atoms with Gasteiger partial charge in [-0.3, -0.25) is 0 Å². The second-order valence-electron chi connectivity index (χ2n) is 13.6. The van der Waals surface area contributed by atoms with Crippen LogP contribution >= 0.6 is 0 Å². The van der Waals surface area contributed by atoms with Crippen LogP contribution in [0.3, 0.4) is 0 Å². The Morgan fingerprint density at radius 3 is 0.292 bits per heavy atom. The second kappa shape index (κ2) is 23.3. The third-order valence-electron chi connectivity index (χ3n) is 11.7. The molecule has 2 heteroatoms. The van der Waals surface area contributed by atoms with Gasteiger partial charge in [0, 0.05) is 0 Å².